The van der Waals surface area contributed by atoms with Crippen LogP contribution in [0.5, 0.6) is 0 Å². The minimum Gasteiger partial charge on any atom is -0.398 e. The first-order valence-electron chi connectivity index (χ1n) is 15.9. The lowest BCUT2D eigenvalue weighted by Gasteiger charge is -2.45. The molecule has 0 unspecified atom stereocenters. The molecule has 0 amide bonds. The van der Waals surface area contributed by atoms with Crippen molar-refractivity contribution in [2.75, 3.05) is 6.61 Å². The number of rotatable bonds is 13. The second-order valence-electron chi connectivity index (χ2n) is 12.6. The molecule has 5 rings (SSSR count). The number of hydrogen-bond acceptors (Lipinski definition) is 5. The van der Waals surface area contributed by atoms with Gasteiger partial charge >= 0.3 is 0 Å². The Bertz CT molecular complexity index is 1500. The molecule has 0 spiro atoms. The van der Waals surface area contributed by atoms with Crippen LogP contribution in [0.1, 0.15) is 31.9 Å². The molecule has 0 aromatic heterocycles. The Morgan fingerprint density at radius 1 is 0.696 bits per heavy atom. The van der Waals surface area contributed by atoms with Crippen LogP contribution in [0.25, 0.3) is 0 Å². The average molecular weight is 633 g/mol. The van der Waals surface area contributed by atoms with E-state index in [1.54, 1.807) is 6.08 Å². The van der Waals surface area contributed by atoms with Crippen LogP contribution in [0.3, 0.4) is 0 Å². The summed E-state index contributed by atoms with van der Waals surface area (Å²) in [5.41, 5.74) is 2.15. The zero-order valence-electron chi connectivity index (χ0n) is 26.9. The van der Waals surface area contributed by atoms with E-state index in [4.69, 9.17) is 18.6 Å². The molecule has 0 bridgehead atoms. The van der Waals surface area contributed by atoms with Crippen molar-refractivity contribution in [3.63, 3.8) is 0 Å². The van der Waals surface area contributed by atoms with Gasteiger partial charge in [0.2, 0.25) is 0 Å². The molecule has 4 aromatic carbocycles. The van der Waals surface area contributed by atoms with Crippen LogP contribution in [0.4, 0.5) is 0 Å². The number of ether oxygens (including phenoxy) is 3. The van der Waals surface area contributed by atoms with Crippen molar-refractivity contribution in [3.05, 3.63) is 157 Å². The quantitative estimate of drug-likeness (QED) is 0.0702. The summed E-state index contributed by atoms with van der Waals surface area (Å²) in [6.45, 7) is 7.93. The molecule has 0 radical (unpaired) electrons. The van der Waals surface area contributed by atoms with Gasteiger partial charge in [-0.05, 0) is 38.7 Å². The fourth-order valence-electron chi connectivity index (χ4n) is 6.05. The van der Waals surface area contributed by atoms with E-state index in [1.165, 1.54) is 16.4 Å². The van der Waals surface area contributed by atoms with Gasteiger partial charge in [0, 0.05) is 0 Å². The summed E-state index contributed by atoms with van der Waals surface area (Å²) >= 11 is 0. The second kappa shape index (κ2) is 16.1. The molecule has 238 valence electrons. The summed E-state index contributed by atoms with van der Waals surface area (Å²) in [5, 5.41) is 2.10. The first kappa shape index (κ1) is 33.5. The zero-order valence-corrected chi connectivity index (χ0v) is 27.9. The Labute approximate surface area is 274 Å². The number of benzene rings is 4. The topological polar surface area (TPSA) is 54.0 Å². The average Bonchev–Trinajstić information content (AvgIpc) is 3.24. The summed E-state index contributed by atoms with van der Waals surface area (Å²) in [6, 6.07) is 41.3. The molecular formula is C40H44O5Si. The minimum atomic E-state index is -2.95. The van der Waals surface area contributed by atoms with Gasteiger partial charge in [-0.2, -0.15) is 0 Å². The minimum absolute atomic E-state index is 0.240. The van der Waals surface area contributed by atoms with E-state index in [0.29, 0.717) is 19.8 Å². The normalized spacial score (nSPS) is 20.4. The summed E-state index contributed by atoms with van der Waals surface area (Å²) in [5.74, 6) is 0. The van der Waals surface area contributed by atoms with Crippen LogP contribution in [0, 0.1) is 0 Å². The summed E-state index contributed by atoms with van der Waals surface area (Å²) in [6.07, 6.45) is 6.28. The van der Waals surface area contributed by atoms with E-state index < -0.39 is 32.7 Å². The third kappa shape index (κ3) is 8.26. The number of carbonyl (C=O) groups excluding carboxylic acids is 1. The first-order valence-corrected chi connectivity index (χ1v) is 17.8. The lowest BCUT2D eigenvalue weighted by molar-refractivity contribution is -0.119. The van der Waals surface area contributed by atoms with Gasteiger partial charge in [-0.1, -0.05) is 154 Å². The van der Waals surface area contributed by atoms with Gasteiger partial charge in [-0.15, -0.1) is 0 Å². The standard InChI is InChI=1S/C40H44O5Si/c1-40(2,3)46(34-21-12-6-13-22-34,35-23-14-7-15-24-35)45-38-27-26-36(43-30-33-19-10-5-11-20-33)39(44-37(38)25-16-28-41)31-42-29-32-17-8-4-9-18-32/h4-28,36-39H,29-31H2,1-3H3/b25-16-/t36-,37-,38+,39+/m0/s1. The number of allylic oxidation sites excluding steroid dienone is 1. The summed E-state index contributed by atoms with van der Waals surface area (Å²) in [4.78, 5) is 11.6. The fraction of sp³-hybridized carbons (Fsp3) is 0.275. The highest BCUT2D eigenvalue weighted by molar-refractivity contribution is 6.99. The SMILES string of the molecule is CC(C)(C)[Si](O[C@@H]1C=C[C@H](OCc2ccccc2)[C@@H](COCc2ccccc2)O[C@H]1/C=C\C=O)(c1ccccc1)c1ccccc1. The monoisotopic (exact) mass is 632 g/mol. The van der Waals surface area contributed by atoms with Crippen molar-refractivity contribution >= 4 is 25.0 Å². The molecular weight excluding hydrogens is 589 g/mol. The predicted octanol–water partition coefficient (Wildman–Crippen LogP) is 6.81. The number of carbonyl (C=O) groups is 1. The van der Waals surface area contributed by atoms with E-state index in [2.05, 4.69) is 81.5 Å². The maximum Gasteiger partial charge on any atom is 0.262 e. The maximum atomic E-state index is 11.6. The zero-order chi connectivity index (χ0) is 32.2. The molecule has 0 fully saturated rings. The maximum absolute atomic E-state index is 11.6. The molecule has 0 N–H and O–H groups in total. The highest BCUT2D eigenvalue weighted by Gasteiger charge is 2.52. The van der Waals surface area contributed by atoms with Gasteiger partial charge in [-0.3, -0.25) is 4.79 Å². The number of aldehydes is 1. The van der Waals surface area contributed by atoms with Gasteiger partial charge in [0.1, 0.15) is 24.6 Å². The van der Waals surface area contributed by atoms with Crippen molar-refractivity contribution < 1.29 is 23.4 Å². The second-order valence-corrected chi connectivity index (χ2v) is 16.8. The van der Waals surface area contributed by atoms with Gasteiger partial charge < -0.3 is 18.6 Å². The van der Waals surface area contributed by atoms with Crippen LogP contribution < -0.4 is 10.4 Å². The Hall–Kier alpha value is -3.91. The highest BCUT2D eigenvalue weighted by Crippen LogP contribution is 2.39. The molecule has 0 aliphatic carbocycles. The largest absolute Gasteiger partial charge is 0.398 e. The van der Waals surface area contributed by atoms with Crippen LogP contribution in [0.15, 0.2) is 146 Å². The smallest absolute Gasteiger partial charge is 0.262 e. The number of hydrogen-bond donors (Lipinski definition) is 0. The van der Waals surface area contributed by atoms with Gasteiger partial charge in [0.15, 0.2) is 0 Å². The van der Waals surface area contributed by atoms with Crippen LogP contribution in [0.2, 0.25) is 5.04 Å². The van der Waals surface area contributed by atoms with E-state index in [9.17, 15) is 4.79 Å². The molecule has 1 aliphatic heterocycles. The van der Waals surface area contributed by atoms with Gasteiger partial charge in [-0.25, -0.2) is 0 Å². The van der Waals surface area contributed by atoms with Crippen LogP contribution in [-0.2, 0) is 36.6 Å². The van der Waals surface area contributed by atoms with Gasteiger partial charge in [0.05, 0.1) is 25.9 Å². The molecule has 46 heavy (non-hydrogen) atoms. The molecule has 1 aliphatic rings. The van der Waals surface area contributed by atoms with Crippen molar-refractivity contribution in [3.8, 4) is 0 Å². The van der Waals surface area contributed by atoms with Crippen LogP contribution >= 0.6 is 0 Å². The Morgan fingerprint density at radius 3 is 1.72 bits per heavy atom. The molecule has 4 atom stereocenters. The highest BCUT2D eigenvalue weighted by atomic mass is 28.4. The molecule has 1 heterocycles. The predicted molar refractivity (Wildman–Crippen MR) is 187 cm³/mol. The summed E-state index contributed by atoms with van der Waals surface area (Å²) < 4.78 is 27.1. The van der Waals surface area contributed by atoms with Gasteiger partial charge in [0.25, 0.3) is 8.32 Å². The summed E-state index contributed by atoms with van der Waals surface area (Å²) in [7, 11) is -2.95. The van der Waals surface area contributed by atoms with E-state index >= 15 is 0 Å². The van der Waals surface area contributed by atoms with E-state index in [0.717, 1.165) is 17.4 Å². The fourth-order valence-corrected chi connectivity index (χ4v) is 10.7. The van der Waals surface area contributed by atoms with E-state index in [-0.39, 0.29) is 5.04 Å². The third-order valence-electron chi connectivity index (χ3n) is 8.30. The molecule has 5 nitrogen and oxygen atoms in total. The molecule has 0 saturated carbocycles. The van der Waals surface area contributed by atoms with E-state index in [1.807, 2.05) is 72.8 Å². The van der Waals surface area contributed by atoms with Crippen molar-refractivity contribution in [1.29, 1.82) is 0 Å². The molecule has 4 aromatic rings. The van der Waals surface area contributed by atoms with Crippen LogP contribution in [-0.4, -0.2) is 45.6 Å². The Kier molecular flexibility index (Phi) is 11.7. The molecule has 6 heteroatoms. The van der Waals surface area contributed by atoms with Crippen molar-refractivity contribution in [2.45, 2.75) is 63.4 Å². The van der Waals surface area contributed by atoms with Crippen molar-refractivity contribution in [2.24, 2.45) is 0 Å². The third-order valence-corrected chi connectivity index (χ3v) is 13.3. The lowest BCUT2D eigenvalue weighted by atomic mass is 10.1. The Morgan fingerprint density at radius 2 is 1.20 bits per heavy atom. The first-order chi connectivity index (χ1) is 22.4. The Balaban J connectivity index is 1.51. The molecule has 0 saturated heterocycles. The lowest BCUT2D eigenvalue weighted by Crippen LogP contribution is -2.68. The van der Waals surface area contributed by atoms with Crippen molar-refractivity contribution in [1.82, 2.24) is 0 Å².